The number of rotatable bonds is 0. The molecule has 0 amide bonds. The number of halogens is 16. The van der Waals surface area contributed by atoms with Gasteiger partial charge in [-0.05, 0) is 23.2 Å². The topological polar surface area (TPSA) is 36.9 Å². The molecule has 30 heavy (non-hydrogen) atoms. The van der Waals surface area contributed by atoms with E-state index in [1.54, 1.807) is 0 Å². The molecule has 0 fully saturated rings. The van der Waals surface area contributed by atoms with Crippen molar-refractivity contribution in [1.29, 1.82) is 0 Å². The lowest BCUT2D eigenvalue weighted by Crippen LogP contribution is -2.59. The van der Waals surface area contributed by atoms with Crippen molar-refractivity contribution >= 4 is 23.2 Å². The van der Waals surface area contributed by atoms with Crippen molar-refractivity contribution in [1.82, 2.24) is 0 Å². The summed E-state index contributed by atoms with van der Waals surface area (Å²) < 4.78 is 182. The average molecular weight is 521 g/mol. The van der Waals surface area contributed by atoms with Crippen LogP contribution in [-0.2, 0) is 18.9 Å². The Labute approximate surface area is 163 Å². The van der Waals surface area contributed by atoms with Crippen molar-refractivity contribution in [2.45, 2.75) is 36.3 Å². The molecule has 0 radical (unpaired) electrons. The van der Waals surface area contributed by atoms with Gasteiger partial charge in [-0.15, -0.1) is 0 Å². The standard InChI is InChI=1S/2C5ClF7O2/c6-1-2(7)15-3(8,4(9,10)11)5(12,13)14-1;6-1-2(7)15-5(12,13)3(8,14-1)4(9,10)11. The molecule has 0 aromatic heterocycles. The van der Waals surface area contributed by atoms with E-state index < -0.39 is 58.7 Å². The Morgan fingerprint density at radius 1 is 0.533 bits per heavy atom. The highest BCUT2D eigenvalue weighted by atomic mass is 35.5. The molecule has 0 saturated carbocycles. The molecular formula is C10Cl2F14O4. The Morgan fingerprint density at radius 3 is 1.23 bits per heavy atom. The molecule has 2 atom stereocenters. The Balaban J connectivity index is 0.000000300. The van der Waals surface area contributed by atoms with Gasteiger partial charge in [-0.1, -0.05) is 0 Å². The molecule has 2 aliphatic heterocycles. The van der Waals surface area contributed by atoms with Gasteiger partial charge in [0.15, 0.2) is 0 Å². The Kier molecular flexibility index (Phi) is 6.54. The summed E-state index contributed by atoms with van der Waals surface area (Å²) in [6, 6.07) is -4.75. The molecule has 0 aliphatic carbocycles. The number of hydrogen-bond acceptors (Lipinski definition) is 4. The van der Waals surface area contributed by atoms with Crippen molar-refractivity contribution in [3.05, 3.63) is 22.5 Å². The molecule has 20 heteroatoms. The van der Waals surface area contributed by atoms with E-state index in [9.17, 15) is 61.5 Å². The SMILES string of the molecule is FC1=C(Cl)OC(F)(C(F)(F)F)C(F)(F)O1.FC1=C(Cl)OC(F)(F)C(F)(C(F)(F)F)O1. The first-order valence-corrected chi connectivity index (χ1v) is 6.91. The molecule has 2 rings (SSSR count). The van der Waals surface area contributed by atoms with E-state index in [1.165, 1.54) is 0 Å². The third-order valence-electron chi connectivity index (χ3n) is 2.68. The van der Waals surface area contributed by atoms with Gasteiger partial charge in [0, 0.05) is 0 Å². The van der Waals surface area contributed by atoms with Crippen LogP contribution in [0.1, 0.15) is 0 Å². The monoisotopic (exact) mass is 520 g/mol. The predicted molar refractivity (Wildman–Crippen MR) is 62.0 cm³/mol. The Hall–Kier alpha value is -1.72. The average Bonchev–Trinajstić information content (AvgIpc) is 2.49. The number of alkyl halides is 12. The van der Waals surface area contributed by atoms with E-state index in [1.807, 2.05) is 0 Å². The highest BCUT2D eigenvalue weighted by molar-refractivity contribution is 6.28. The zero-order valence-electron chi connectivity index (χ0n) is 12.7. The molecular weight excluding hydrogens is 521 g/mol. The van der Waals surface area contributed by atoms with Crippen LogP contribution in [0.15, 0.2) is 22.5 Å². The van der Waals surface area contributed by atoms with Gasteiger partial charge >= 0.3 is 48.3 Å². The Bertz CT molecular complexity index is 684. The van der Waals surface area contributed by atoms with E-state index in [0.717, 1.165) is 0 Å². The van der Waals surface area contributed by atoms with Crippen molar-refractivity contribution in [2.24, 2.45) is 0 Å². The van der Waals surface area contributed by atoms with Crippen molar-refractivity contribution in [3.63, 3.8) is 0 Å². The van der Waals surface area contributed by atoms with E-state index in [0.29, 0.717) is 0 Å². The van der Waals surface area contributed by atoms with Gasteiger partial charge in [0.2, 0.25) is 0 Å². The zero-order chi connectivity index (χ0) is 24.1. The van der Waals surface area contributed by atoms with Crippen LogP contribution in [0, 0.1) is 0 Å². The summed E-state index contributed by atoms with van der Waals surface area (Å²) in [6.45, 7) is 0. The predicted octanol–water partition coefficient (Wildman–Crippen LogP) is 6.38. The molecule has 2 aliphatic rings. The lowest BCUT2D eigenvalue weighted by atomic mass is 10.2. The first kappa shape index (κ1) is 26.3. The third-order valence-corrected chi connectivity index (χ3v) is 3.13. The molecule has 176 valence electrons. The summed E-state index contributed by atoms with van der Waals surface area (Å²) in [5, 5.41) is -3.67. The van der Waals surface area contributed by atoms with E-state index in [4.69, 9.17) is 0 Å². The van der Waals surface area contributed by atoms with Crippen LogP contribution < -0.4 is 0 Å². The fourth-order valence-corrected chi connectivity index (χ4v) is 1.61. The first-order chi connectivity index (χ1) is 13.0. The maximum atomic E-state index is 12.8. The zero-order valence-corrected chi connectivity index (χ0v) is 14.2. The highest BCUT2D eigenvalue weighted by Gasteiger charge is 2.80. The van der Waals surface area contributed by atoms with E-state index in [2.05, 4.69) is 42.1 Å². The summed E-state index contributed by atoms with van der Waals surface area (Å²) in [6.07, 6.45) is -23.4. The molecule has 0 aromatic rings. The van der Waals surface area contributed by atoms with Crippen LogP contribution >= 0.6 is 23.2 Å². The second-order valence-electron chi connectivity index (χ2n) is 4.72. The van der Waals surface area contributed by atoms with Gasteiger partial charge < -0.3 is 18.9 Å². The molecule has 0 N–H and O–H groups in total. The van der Waals surface area contributed by atoms with Crippen LogP contribution in [0.3, 0.4) is 0 Å². The smallest absolute Gasteiger partial charge is 0.425 e. The first-order valence-electron chi connectivity index (χ1n) is 6.16. The van der Waals surface area contributed by atoms with Gasteiger partial charge in [-0.25, -0.2) is 0 Å². The fraction of sp³-hybridized carbons (Fsp3) is 0.600. The normalized spacial score (nSPS) is 30.9. The maximum absolute atomic E-state index is 12.8. The minimum atomic E-state index is -6.19. The van der Waals surface area contributed by atoms with Gasteiger partial charge in [0.1, 0.15) is 0 Å². The number of ether oxygens (including phenoxy) is 4. The summed E-state index contributed by atoms with van der Waals surface area (Å²) in [4.78, 5) is 0. The lowest BCUT2D eigenvalue weighted by molar-refractivity contribution is -0.458. The molecule has 0 bridgehead atoms. The van der Waals surface area contributed by atoms with E-state index in [-0.39, 0.29) is 0 Å². The minimum Gasteiger partial charge on any atom is -0.425 e. The number of hydrogen-bond donors (Lipinski definition) is 0. The molecule has 0 spiro atoms. The van der Waals surface area contributed by atoms with Gasteiger partial charge in [0.05, 0.1) is 0 Å². The summed E-state index contributed by atoms with van der Waals surface area (Å²) in [5.41, 5.74) is 0. The van der Waals surface area contributed by atoms with Crippen molar-refractivity contribution in [3.8, 4) is 0 Å². The Morgan fingerprint density at radius 2 is 0.833 bits per heavy atom. The van der Waals surface area contributed by atoms with Gasteiger partial charge in [-0.3, -0.25) is 0 Å². The van der Waals surface area contributed by atoms with Gasteiger partial charge in [0.25, 0.3) is 10.4 Å². The fourth-order valence-electron chi connectivity index (χ4n) is 1.33. The van der Waals surface area contributed by atoms with Crippen molar-refractivity contribution < 1.29 is 80.4 Å². The lowest BCUT2D eigenvalue weighted by Gasteiger charge is -2.35. The summed E-state index contributed by atoms with van der Waals surface area (Å²) >= 11 is 9.14. The molecule has 4 nitrogen and oxygen atoms in total. The van der Waals surface area contributed by atoms with Gasteiger partial charge in [-0.2, -0.15) is 61.5 Å². The molecule has 0 saturated heterocycles. The van der Waals surface area contributed by atoms with Crippen LogP contribution in [0.4, 0.5) is 61.5 Å². The van der Waals surface area contributed by atoms with Crippen LogP contribution in [0.5, 0.6) is 0 Å². The minimum absolute atomic E-state index is 1.79. The van der Waals surface area contributed by atoms with E-state index >= 15 is 0 Å². The second-order valence-corrected chi connectivity index (χ2v) is 5.41. The second kappa shape index (κ2) is 7.45. The maximum Gasteiger partial charge on any atom is 0.483 e. The molecule has 2 heterocycles. The molecule has 2 unspecified atom stereocenters. The largest absolute Gasteiger partial charge is 0.483 e. The molecule has 0 aromatic carbocycles. The third kappa shape index (κ3) is 4.33. The summed E-state index contributed by atoms with van der Waals surface area (Å²) in [5.74, 6) is -11.1. The van der Waals surface area contributed by atoms with Crippen LogP contribution in [-0.4, -0.2) is 36.3 Å². The van der Waals surface area contributed by atoms with Crippen molar-refractivity contribution in [2.75, 3.05) is 0 Å². The quantitative estimate of drug-likeness (QED) is 0.347. The van der Waals surface area contributed by atoms with Crippen LogP contribution in [0.2, 0.25) is 0 Å². The highest BCUT2D eigenvalue weighted by Crippen LogP contribution is 2.53. The summed E-state index contributed by atoms with van der Waals surface area (Å²) in [7, 11) is 0. The van der Waals surface area contributed by atoms with Crippen LogP contribution in [0.25, 0.3) is 0 Å².